The van der Waals surface area contributed by atoms with Gasteiger partial charge in [0.2, 0.25) is 5.79 Å². The second-order valence-electron chi connectivity index (χ2n) is 8.00. The van der Waals surface area contributed by atoms with Gasteiger partial charge in [-0.3, -0.25) is 4.79 Å². The Labute approximate surface area is 199 Å². The van der Waals surface area contributed by atoms with Crippen molar-refractivity contribution in [2.75, 3.05) is 7.11 Å². The predicted molar refractivity (Wildman–Crippen MR) is 127 cm³/mol. The fourth-order valence-electron chi connectivity index (χ4n) is 3.80. The fraction of sp³-hybridized carbons (Fsp3) is 0.154. The molecule has 1 atom stereocenters. The van der Waals surface area contributed by atoms with E-state index >= 15 is 0 Å². The van der Waals surface area contributed by atoms with Crippen LogP contribution >= 0.6 is 0 Å². The van der Waals surface area contributed by atoms with Crippen LogP contribution in [0.15, 0.2) is 51.7 Å². The summed E-state index contributed by atoms with van der Waals surface area (Å²) >= 11 is 0. The van der Waals surface area contributed by atoms with E-state index in [4.69, 9.17) is 13.9 Å². The number of Topliss-reactive ketones (excluding diaryl/α,β-unsaturated/α-hetero) is 1. The van der Waals surface area contributed by atoms with Crippen LogP contribution in [0.25, 0.3) is 23.8 Å². The van der Waals surface area contributed by atoms with Crippen LogP contribution in [-0.2, 0) is 9.53 Å². The lowest BCUT2D eigenvalue weighted by atomic mass is 9.94. The normalized spacial score (nSPS) is 18.1. The Balaban J connectivity index is 1.81. The molecular weight excluding hydrogens is 456 g/mol. The Morgan fingerprint density at radius 3 is 2.17 bits per heavy atom. The Kier molecular flexibility index (Phi) is 6.10. The van der Waals surface area contributed by atoms with Gasteiger partial charge in [-0.15, -0.1) is 0 Å². The molecule has 1 aliphatic heterocycles. The van der Waals surface area contributed by atoms with Crippen LogP contribution in [0, 0.1) is 0 Å². The molecule has 0 bridgehead atoms. The van der Waals surface area contributed by atoms with Gasteiger partial charge < -0.3 is 34.3 Å². The van der Waals surface area contributed by atoms with E-state index in [1.54, 1.807) is 12.1 Å². The van der Waals surface area contributed by atoms with Crippen LogP contribution in [0.4, 0.5) is 0 Å². The predicted octanol–water partition coefficient (Wildman–Crippen LogP) is 3.89. The lowest BCUT2D eigenvalue weighted by molar-refractivity contribution is -0.138. The second-order valence-corrected chi connectivity index (χ2v) is 8.00. The lowest BCUT2D eigenvalue weighted by Gasteiger charge is -2.27. The van der Waals surface area contributed by atoms with Crippen LogP contribution < -0.4 is 10.4 Å². The molecule has 0 aliphatic carbocycles. The van der Waals surface area contributed by atoms with Crippen LogP contribution in [0.1, 0.15) is 35.8 Å². The minimum atomic E-state index is -1.61. The molecule has 0 amide bonds. The fourth-order valence-corrected chi connectivity index (χ4v) is 3.80. The van der Waals surface area contributed by atoms with Gasteiger partial charge in [0.25, 0.3) is 0 Å². The van der Waals surface area contributed by atoms with E-state index in [-0.39, 0.29) is 57.8 Å². The number of hydrogen-bond acceptors (Lipinski definition) is 9. The molecule has 0 saturated carbocycles. The first-order valence-corrected chi connectivity index (χ1v) is 10.5. The van der Waals surface area contributed by atoms with Crippen molar-refractivity contribution in [2.45, 2.75) is 19.1 Å². The Bertz CT molecular complexity index is 1430. The monoisotopic (exact) mass is 478 g/mol. The molecular formula is C26H22O9. The summed E-state index contributed by atoms with van der Waals surface area (Å²) in [5.41, 5.74) is 0.502. The summed E-state index contributed by atoms with van der Waals surface area (Å²) in [7, 11) is 1.34. The van der Waals surface area contributed by atoms with E-state index in [0.29, 0.717) is 11.1 Å². The smallest absolute Gasteiger partial charge is 0.347 e. The summed E-state index contributed by atoms with van der Waals surface area (Å²) in [6.07, 6.45) is 4.36. The summed E-state index contributed by atoms with van der Waals surface area (Å²) in [4.78, 5) is 25.1. The van der Waals surface area contributed by atoms with Crippen molar-refractivity contribution in [3.05, 3.63) is 75.3 Å². The average Bonchev–Trinajstić information content (AvgIpc) is 3.10. The van der Waals surface area contributed by atoms with Gasteiger partial charge >= 0.3 is 5.63 Å². The lowest BCUT2D eigenvalue weighted by Crippen LogP contribution is -2.38. The van der Waals surface area contributed by atoms with E-state index in [1.807, 2.05) is 0 Å². The first kappa shape index (κ1) is 23.7. The number of benzene rings is 2. The second kappa shape index (κ2) is 9.03. The molecule has 0 unspecified atom stereocenters. The molecule has 0 fully saturated rings. The quantitative estimate of drug-likeness (QED) is 0.387. The number of rotatable bonds is 6. The van der Waals surface area contributed by atoms with Gasteiger partial charge in [0.15, 0.2) is 23.0 Å². The van der Waals surface area contributed by atoms with Crippen LogP contribution in [0.5, 0.6) is 28.7 Å². The highest BCUT2D eigenvalue weighted by atomic mass is 16.7. The van der Waals surface area contributed by atoms with E-state index in [1.165, 1.54) is 62.6 Å². The Hall–Kier alpha value is -4.50. The van der Waals surface area contributed by atoms with Crippen molar-refractivity contribution in [3.63, 3.8) is 0 Å². The molecule has 9 heteroatoms. The minimum absolute atomic E-state index is 0.0556. The molecule has 0 spiro atoms. The van der Waals surface area contributed by atoms with E-state index in [0.717, 1.165) is 0 Å². The summed E-state index contributed by atoms with van der Waals surface area (Å²) in [5, 5.41) is 38.6. The highest BCUT2D eigenvalue weighted by molar-refractivity contribution is 5.93. The number of hydrogen-bond donors (Lipinski definition) is 4. The van der Waals surface area contributed by atoms with E-state index in [2.05, 4.69) is 0 Å². The van der Waals surface area contributed by atoms with Crippen molar-refractivity contribution >= 4 is 29.6 Å². The summed E-state index contributed by atoms with van der Waals surface area (Å²) < 4.78 is 17.1. The maximum Gasteiger partial charge on any atom is 0.347 e. The van der Waals surface area contributed by atoms with Gasteiger partial charge in [0, 0.05) is 18.7 Å². The van der Waals surface area contributed by atoms with Gasteiger partial charge in [0.05, 0.1) is 6.42 Å². The molecule has 4 N–H and O–H groups in total. The molecule has 35 heavy (non-hydrogen) atoms. The number of phenolic OH excluding ortho intramolecular Hbond substituents is 4. The van der Waals surface area contributed by atoms with Crippen molar-refractivity contribution in [1.29, 1.82) is 0 Å². The zero-order valence-corrected chi connectivity index (χ0v) is 18.8. The third-order valence-corrected chi connectivity index (χ3v) is 5.45. The highest BCUT2D eigenvalue weighted by Crippen LogP contribution is 2.46. The minimum Gasteiger partial charge on any atom is -0.504 e. The number of ketones is 1. The maximum atomic E-state index is 13.0. The third-order valence-electron chi connectivity index (χ3n) is 5.45. The number of methoxy groups -OCH3 is 1. The summed E-state index contributed by atoms with van der Waals surface area (Å²) in [6.45, 7) is 1.36. The number of carbonyl (C=O) groups excluding carboxylic acids is 1. The highest BCUT2D eigenvalue weighted by Gasteiger charge is 2.48. The maximum absolute atomic E-state index is 13.0. The van der Waals surface area contributed by atoms with Gasteiger partial charge in [-0.1, -0.05) is 18.2 Å². The zero-order chi connectivity index (χ0) is 25.3. The van der Waals surface area contributed by atoms with Crippen molar-refractivity contribution in [2.24, 2.45) is 0 Å². The zero-order valence-electron chi connectivity index (χ0n) is 18.8. The summed E-state index contributed by atoms with van der Waals surface area (Å²) in [5.74, 6) is -2.82. The molecule has 0 radical (unpaired) electrons. The Morgan fingerprint density at radius 1 is 0.943 bits per heavy atom. The van der Waals surface area contributed by atoms with Crippen LogP contribution in [0.2, 0.25) is 0 Å². The van der Waals surface area contributed by atoms with Crippen molar-refractivity contribution < 1.29 is 39.1 Å². The number of aromatic hydroxyl groups is 4. The van der Waals surface area contributed by atoms with Gasteiger partial charge in [-0.05, 0) is 54.5 Å². The third kappa shape index (κ3) is 4.62. The first-order valence-electron chi connectivity index (χ1n) is 10.5. The van der Waals surface area contributed by atoms with Crippen LogP contribution in [0.3, 0.4) is 0 Å². The first-order chi connectivity index (χ1) is 16.6. The standard InChI is InChI=1S/C26H22O9/c1-14(27)13-26(33-2)18(9-16-5-8-20(29)22(31)11-16)24-23(35-26)12-17(34-25(24)32)6-3-15-4-7-19(28)21(30)10-15/h3-12,28-31H,13H2,1-2H3/b6-3+,18-9?/t26-/m1/s1. The van der Waals surface area contributed by atoms with Crippen molar-refractivity contribution in [1.82, 2.24) is 0 Å². The van der Waals surface area contributed by atoms with Crippen LogP contribution in [-0.4, -0.2) is 39.1 Å². The molecule has 1 aromatic heterocycles. The molecule has 1 aliphatic rings. The van der Waals surface area contributed by atoms with Gasteiger partial charge in [-0.25, -0.2) is 4.79 Å². The van der Waals surface area contributed by atoms with Crippen molar-refractivity contribution in [3.8, 4) is 28.7 Å². The van der Waals surface area contributed by atoms with Gasteiger partial charge in [0.1, 0.15) is 22.9 Å². The number of carbonyl (C=O) groups is 1. The number of ether oxygens (including phenoxy) is 2. The largest absolute Gasteiger partial charge is 0.504 e. The molecule has 2 aromatic carbocycles. The molecule has 0 saturated heterocycles. The molecule has 180 valence electrons. The van der Waals surface area contributed by atoms with Gasteiger partial charge in [-0.2, -0.15) is 0 Å². The molecule has 2 heterocycles. The number of phenols is 4. The summed E-state index contributed by atoms with van der Waals surface area (Å²) in [6, 6.07) is 9.78. The topological polar surface area (TPSA) is 147 Å². The Morgan fingerprint density at radius 2 is 1.57 bits per heavy atom. The molecule has 9 nitrogen and oxygen atoms in total. The average molecular weight is 478 g/mol. The SMILES string of the molecule is CO[C@]1(CC(C)=O)Oc2cc(/C=C/c3ccc(O)c(O)c3)oc(=O)c2C1=Cc1ccc(O)c(O)c1. The molecule has 3 aromatic rings. The van der Waals surface area contributed by atoms with E-state index in [9.17, 15) is 30.0 Å². The van der Waals surface area contributed by atoms with E-state index < -0.39 is 11.4 Å². The molecule has 4 rings (SSSR count). The number of fused-ring (bicyclic) bond motifs is 1.